The lowest BCUT2D eigenvalue weighted by Crippen LogP contribution is -2.42. The lowest BCUT2D eigenvalue weighted by Gasteiger charge is -2.30. The summed E-state index contributed by atoms with van der Waals surface area (Å²) in [6, 6.07) is 0. The predicted octanol–water partition coefficient (Wildman–Crippen LogP) is 0.627. The van der Waals surface area contributed by atoms with E-state index in [0.29, 0.717) is 26.3 Å². The molecule has 1 spiro atoms. The Bertz CT molecular complexity index is 575. The van der Waals surface area contributed by atoms with Gasteiger partial charge in [0.2, 0.25) is 10.0 Å². The molecule has 2 fully saturated rings. The average Bonchev–Trinajstić information content (AvgIpc) is 2.98. The molecule has 1 atom stereocenters. The van der Waals surface area contributed by atoms with Crippen LogP contribution in [0, 0.1) is 5.41 Å². The zero-order valence-electron chi connectivity index (χ0n) is 12.2. The highest BCUT2D eigenvalue weighted by molar-refractivity contribution is 7.88. The Kier molecular flexibility index (Phi) is 4.33. The molecule has 0 aromatic carbocycles. The predicted molar refractivity (Wildman–Crippen MR) is 81.7 cm³/mol. The topological polar surface area (TPSA) is 62.7 Å². The third-order valence-corrected chi connectivity index (χ3v) is 6.25. The van der Waals surface area contributed by atoms with Crippen LogP contribution in [0.25, 0.3) is 0 Å². The standard InChI is InChI=1S/C13H21N3O3S2/c1-21(17,18)16-5-6-19-11-13(10-16)2-4-15(9-13)8-12-14-3-7-20-12/h3,7H,2,4-6,8-11H2,1H3. The minimum atomic E-state index is -3.16. The van der Waals surface area contributed by atoms with Gasteiger partial charge < -0.3 is 4.74 Å². The highest BCUT2D eigenvalue weighted by atomic mass is 32.2. The Labute approximate surface area is 129 Å². The summed E-state index contributed by atoms with van der Waals surface area (Å²) in [5.74, 6) is 0. The number of nitrogens with zero attached hydrogens (tertiary/aromatic N) is 3. The monoisotopic (exact) mass is 331 g/mol. The Hall–Kier alpha value is -0.540. The van der Waals surface area contributed by atoms with Gasteiger partial charge in [-0.3, -0.25) is 4.90 Å². The van der Waals surface area contributed by atoms with Crippen LogP contribution in [-0.4, -0.2) is 68.3 Å². The van der Waals surface area contributed by atoms with E-state index in [1.165, 1.54) is 6.26 Å². The van der Waals surface area contributed by atoms with Crippen molar-refractivity contribution in [2.75, 3.05) is 45.6 Å². The normalized spacial score (nSPS) is 29.0. The van der Waals surface area contributed by atoms with Gasteiger partial charge in [0, 0.05) is 36.6 Å². The number of aromatic nitrogens is 1. The van der Waals surface area contributed by atoms with Gasteiger partial charge in [0.05, 0.1) is 26.0 Å². The molecule has 2 aliphatic heterocycles. The molecule has 0 bridgehead atoms. The van der Waals surface area contributed by atoms with E-state index in [4.69, 9.17) is 4.74 Å². The molecule has 1 aromatic heterocycles. The van der Waals surface area contributed by atoms with Crippen molar-refractivity contribution < 1.29 is 13.2 Å². The van der Waals surface area contributed by atoms with Gasteiger partial charge in [0.15, 0.2) is 0 Å². The number of sulfonamides is 1. The Morgan fingerprint density at radius 1 is 1.43 bits per heavy atom. The molecule has 0 radical (unpaired) electrons. The summed E-state index contributed by atoms with van der Waals surface area (Å²) in [7, 11) is -3.16. The largest absolute Gasteiger partial charge is 0.379 e. The van der Waals surface area contributed by atoms with E-state index in [1.54, 1.807) is 15.6 Å². The highest BCUT2D eigenvalue weighted by Gasteiger charge is 2.42. The number of hydrogen-bond donors (Lipinski definition) is 0. The van der Waals surface area contributed by atoms with E-state index >= 15 is 0 Å². The molecule has 0 aliphatic carbocycles. The smallest absolute Gasteiger partial charge is 0.211 e. The molecule has 21 heavy (non-hydrogen) atoms. The molecule has 6 nitrogen and oxygen atoms in total. The van der Waals surface area contributed by atoms with E-state index in [2.05, 4.69) is 9.88 Å². The van der Waals surface area contributed by atoms with Gasteiger partial charge in [-0.1, -0.05) is 0 Å². The molecule has 0 saturated carbocycles. The van der Waals surface area contributed by atoms with E-state index in [9.17, 15) is 8.42 Å². The molecule has 2 aliphatic rings. The second kappa shape index (κ2) is 5.92. The van der Waals surface area contributed by atoms with Crippen molar-refractivity contribution >= 4 is 21.4 Å². The molecule has 118 valence electrons. The Morgan fingerprint density at radius 2 is 2.29 bits per heavy atom. The van der Waals surface area contributed by atoms with Crippen LogP contribution in [0.1, 0.15) is 11.4 Å². The summed E-state index contributed by atoms with van der Waals surface area (Å²) >= 11 is 1.66. The van der Waals surface area contributed by atoms with E-state index < -0.39 is 10.0 Å². The van der Waals surface area contributed by atoms with Gasteiger partial charge in [-0.05, 0) is 13.0 Å². The summed E-state index contributed by atoms with van der Waals surface area (Å²) in [5, 5.41) is 3.10. The SMILES string of the molecule is CS(=O)(=O)N1CCOCC2(CCN(Cc3nccs3)C2)C1. The van der Waals surface area contributed by atoms with Crippen LogP contribution in [0.5, 0.6) is 0 Å². The van der Waals surface area contributed by atoms with Crippen molar-refractivity contribution in [3.63, 3.8) is 0 Å². The fourth-order valence-corrected chi connectivity index (χ4v) is 4.74. The van der Waals surface area contributed by atoms with Gasteiger partial charge in [0.25, 0.3) is 0 Å². The van der Waals surface area contributed by atoms with Gasteiger partial charge in [-0.2, -0.15) is 4.31 Å². The molecular weight excluding hydrogens is 310 g/mol. The molecule has 3 heterocycles. The second-order valence-electron chi connectivity index (χ2n) is 6.04. The maximum atomic E-state index is 11.9. The molecule has 1 aromatic rings. The van der Waals surface area contributed by atoms with Crippen molar-refractivity contribution in [1.29, 1.82) is 0 Å². The van der Waals surface area contributed by atoms with Crippen LogP contribution in [0.2, 0.25) is 0 Å². The van der Waals surface area contributed by atoms with Crippen LogP contribution in [0.4, 0.5) is 0 Å². The van der Waals surface area contributed by atoms with Crippen LogP contribution < -0.4 is 0 Å². The van der Waals surface area contributed by atoms with E-state index in [1.807, 2.05) is 11.6 Å². The average molecular weight is 331 g/mol. The maximum absolute atomic E-state index is 11.9. The Balaban J connectivity index is 1.69. The fourth-order valence-electron chi connectivity index (χ4n) is 3.17. The lowest BCUT2D eigenvalue weighted by atomic mass is 9.88. The minimum Gasteiger partial charge on any atom is -0.379 e. The third kappa shape index (κ3) is 3.62. The minimum absolute atomic E-state index is 0.0726. The molecular formula is C13H21N3O3S2. The first-order chi connectivity index (χ1) is 9.97. The van der Waals surface area contributed by atoms with Crippen molar-refractivity contribution in [2.45, 2.75) is 13.0 Å². The van der Waals surface area contributed by atoms with Crippen LogP contribution in [0.15, 0.2) is 11.6 Å². The van der Waals surface area contributed by atoms with Crippen LogP contribution >= 0.6 is 11.3 Å². The van der Waals surface area contributed by atoms with Crippen molar-refractivity contribution in [3.8, 4) is 0 Å². The fraction of sp³-hybridized carbons (Fsp3) is 0.769. The third-order valence-electron chi connectivity index (χ3n) is 4.23. The zero-order chi connectivity index (χ0) is 14.9. The van der Waals surface area contributed by atoms with Crippen molar-refractivity contribution in [3.05, 3.63) is 16.6 Å². The number of rotatable bonds is 3. The number of ether oxygens (including phenoxy) is 1. The number of likely N-dealkylation sites (tertiary alicyclic amines) is 1. The molecule has 1 unspecified atom stereocenters. The zero-order valence-corrected chi connectivity index (χ0v) is 13.8. The number of hydrogen-bond acceptors (Lipinski definition) is 6. The lowest BCUT2D eigenvalue weighted by molar-refractivity contribution is 0.0721. The Morgan fingerprint density at radius 3 is 3.00 bits per heavy atom. The molecule has 2 saturated heterocycles. The molecule has 0 N–H and O–H groups in total. The maximum Gasteiger partial charge on any atom is 0.211 e. The molecule has 8 heteroatoms. The van der Waals surface area contributed by atoms with Gasteiger partial charge in [-0.25, -0.2) is 13.4 Å². The van der Waals surface area contributed by atoms with Crippen molar-refractivity contribution in [2.24, 2.45) is 5.41 Å². The first kappa shape index (κ1) is 15.4. The quantitative estimate of drug-likeness (QED) is 0.813. The molecule has 0 amide bonds. The highest BCUT2D eigenvalue weighted by Crippen LogP contribution is 2.34. The molecule has 3 rings (SSSR count). The van der Waals surface area contributed by atoms with Gasteiger partial charge >= 0.3 is 0 Å². The first-order valence-corrected chi connectivity index (χ1v) is 9.83. The second-order valence-corrected chi connectivity index (χ2v) is 9.00. The van der Waals surface area contributed by atoms with E-state index in [0.717, 1.165) is 31.1 Å². The van der Waals surface area contributed by atoms with Gasteiger partial charge in [-0.15, -0.1) is 11.3 Å². The summed E-state index contributed by atoms with van der Waals surface area (Å²) < 4.78 is 31.0. The van der Waals surface area contributed by atoms with Crippen LogP contribution in [0.3, 0.4) is 0 Å². The summed E-state index contributed by atoms with van der Waals surface area (Å²) in [6.45, 7) is 4.86. The summed E-state index contributed by atoms with van der Waals surface area (Å²) in [5.41, 5.74) is -0.0726. The number of thiazole rings is 1. The van der Waals surface area contributed by atoms with Crippen LogP contribution in [-0.2, 0) is 21.3 Å². The first-order valence-electron chi connectivity index (χ1n) is 7.11. The summed E-state index contributed by atoms with van der Waals surface area (Å²) in [6.07, 6.45) is 4.09. The summed E-state index contributed by atoms with van der Waals surface area (Å²) in [4.78, 5) is 6.68. The van der Waals surface area contributed by atoms with E-state index in [-0.39, 0.29) is 5.41 Å². The van der Waals surface area contributed by atoms with Gasteiger partial charge in [0.1, 0.15) is 5.01 Å². The van der Waals surface area contributed by atoms with Crippen molar-refractivity contribution in [1.82, 2.24) is 14.2 Å².